The highest BCUT2D eigenvalue weighted by molar-refractivity contribution is 7.13. The van der Waals surface area contributed by atoms with E-state index in [2.05, 4.69) is 10.3 Å². The van der Waals surface area contributed by atoms with E-state index >= 15 is 0 Å². The standard InChI is InChI=1S/C14H15ClN2O2S/c1-14(2,13(18)19)16-7-9-8-20-12(17-9)10-5-3-4-6-11(10)15/h3-6,8,16H,7H2,1-2H3,(H,18,19). The van der Waals surface area contributed by atoms with Gasteiger partial charge in [0.1, 0.15) is 10.5 Å². The zero-order valence-corrected chi connectivity index (χ0v) is 12.8. The van der Waals surface area contributed by atoms with Crippen LogP contribution in [0.2, 0.25) is 5.02 Å². The van der Waals surface area contributed by atoms with Crippen molar-refractivity contribution >= 4 is 28.9 Å². The Morgan fingerprint density at radius 3 is 2.80 bits per heavy atom. The van der Waals surface area contributed by atoms with Gasteiger partial charge in [-0.2, -0.15) is 0 Å². The van der Waals surface area contributed by atoms with Crippen LogP contribution in [0.25, 0.3) is 10.6 Å². The van der Waals surface area contributed by atoms with Crippen molar-refractivity contribution in [3.05, 3.63) is 40.4 Å². The summed E-state index contributed by atoms with van der Waals surface area (Å²) >= 11 is 7.63. The smallest absolute Gasteiger partial charge is 0.323 e. The van der Waals surface area contributed by atoms with Gasteiger partial charge in [0, 0.05) is 17.5 Å². The van der Waals surface area contributed by atoms with Crippen molar-refractivity contribution in [3.8, 4) is 10.6 Å². The summed E-state index contributed by atoms with van der Waals surface area (Å²) in [5.74, 6) is -0.890. The first-order chi connectivity index (χ1) is 9.40. The van der Waals surface area contributed by atoms with Gasteiger partial charge >= 0.3 is 5.97 Å². The third kappa shape index (κ3) is 3.36. The molecule has 0 aliphatic heterocycles. The average molecular weight is 311 g/mol. The summed E-state index contributed by atoms with van der Waals surface area (Å²) in [4.78, 5) is 15.5. The first kappa shape index (κ1) is 15.0. The molecule has 0 saturated carbocycles. The summed E-state index contributed by atoms with van der Waals surface area (Å²) in [6.07, 6.45) is 0. The molecule has 0 spiro atoms. The molecule has 2 aromatic rings. The number of carbonyl (C=O) groups is 1. The number of hydrogen-bond donors (Lipinski definition) is 2. The van der Waals surface area contributed by atoms with Crippen molar-refractivity contribution < 1.29 is 9.90 Å². The molecule has 2 N–H and O–H groups in total. The molecular formula is C14H15ClN2O2S. The average Bonchev–Trinajstić information content (AvgIpc) is 2.85. The van der Waals surface area contributed by atoms with Crippen molar-refractivity contribution in [2.24, 2.45) is 0 Å². The van der Waals surface area contributed by atoms with E-state index in [1.54, 1.807) is 13.8 Å². The molecule has 1 aromatic heterocycles. The zero-order chi connectivity index (χ0) is 14.8. The fraction of sp³-hybridized carbons (Fsp3) is 0.286. The van der Waals surface area contributed by atoms with Crippen LogP contribution < -0.4 is 5.32 Å². The number of thiazole rings is 1. The van der Waals surface area contributed by atoms with E-state index in [-0.39, 0.29) is 0 Å². The molecule has 0 atom stereocenters. The van der Waals surface area contributed by atoms with Crippen LogP contribution in [0.4, 0.5) is 0 Å². The maximum absolute atomic E-state index is 11.0. The van der Waals surface area contributed by atoms with Crippen molar-refractivity contribution in [1.29, 1.82) is 0 Å². The molecule has 0 unspecified atom stereocenters. The lowest BCUT2D eigenvalue weighted by Crippen LogP contribution is -2.46. The number of nitrogens with one attached hydrogen (secondary N) is 1. The fourth-order valence-electron chi connectivity index (χ4n) is 1.53. The van der Waals surface area contributed by atoms with E-state index in [9.17, 15) is 4.79 Å². The highest BCUT2D eigenvalue weighted by Gasteiger charge is 2.26. The summed E-state index contributed by atoms with van der Waals surface area (Å²) in [5, 5.41) is 15.4. The van der Waals surface area contributed by atoms with Crippen LogP contribution in [0.1, 0.15) is 19.5 Å². The monoisotopic (exact) mass is 310 g/mol. The second-order valence-corrected chi connectivity index (χ2v) is 6.17. The molecule has 0 radical (unpaired) electrons. The van der Waals surface area contributed by atoms with E-state index in [0.29, 0.717) is 11.6 Å². The fourth-order valence-corrected chi connectivity index (χ4v) is 2.67. The van der Waals surface area contributed by atoms with Crippen LogP contribution in [0.5, 0.6) is 0 Å². The minimum Gasteiger partial charge on any atom is -0.480 e. The van der Waals surface area contributed by atoms with Crippen LogP contribution in [0.3, 0.4) is 0 Å². The van der Waals surface area contributed by atoms with Gasteiger partial charge in [-0.15, -0.1) is 11.3 Å². The molecule has 0 saturated heterocycles. The lowest BCUT2D eigenvalue weighted by Gasteiger charge is -2.20. The van der Waals surface area contributed by atoms with E-state index < -0.39 is 11.5 Å². The lowest BCUT2D eigenvalue weighted by molar-refractivity contribution is -0.143. The summed E-state index contributed by atoms with van der Waals surface area (Å²) in [6, 6.07) is 7.52. The second kappa shape index (κ2) is 5.91. The molecule has 20 heavy (non-hydrogen) atoms. The molecule has 2 rings (SSSR count). The number of aromatic nitrogens is 1. The Hall–Kier alpha value is -1.43. The van der Waals surface area contributed by atoms with Crippen LogP contribution >= 0.6 is 22.9 Å². The highest BCUT2D eigenvalue weighted by atomic mass is 35.5. The first-order valence-corrected chi connectivity index (χ1v) is 7.33. The van der Waals surface area contributed by atoms with E-state index in [4.69, 9.17) is 16.7 Å². The molecule has 1 aromatic carbocycles. The van der Waals surface area contributed by atoms with Gasteiger partial charge < -0.3 is 5.11 Å². The predicted octanol–water partition coefficient (Wildman–Crippen LogP) is 3.42. The van der Waals surface area contributed by atoms with Gasteiger partial charge in [0.25, 0.3) is 0 Å². The number of hydrogen-bond acceptors (Lipinski definition) is 4. The number of halogens is 1. The van der Waals surface area contributed by atoms with Gasteiger partial charge in [0.05, 0.1) is 10.7 Å². The van der Waals surface area contributed by atoms with E-state index in [1.165, 1.54) is 11.3 Å². The minimum absolute atomic E-state index is 0.403. The Kier molecular flexibility index (Phi) is 4.42. The zero-order valence-electron chi connectivity index (χ0n) is 11.2. The maximum Gasteiger partial charge on any atom is 0.323 e. The highest BCUT2D eigenvalue weighted by Crippen LogP contribution is 2.30. The number of benzene rings is 1. The normalized spacial score (nSPS) is 11.6. The third-order valence-electron chi connectivity index (χ3n) is 2.90. The molecule has 1 heterocycles. The Balaban J connectivity index is 2.11. The number of aliphatic carboxylic acids is 1. The third-order valence-corrected chi connectivity index (χ3v) is 4.16. The van der Waals surface area contributed by atoms with Crippen molar-refractivity contribution in [2.45, 2.75) is 25.9 Å². The molecule has 0 amide bonds. The Labute approximate surface area is 126 Å². The van der Waals surface area contributed by atoms with Gasteiger partial charge in [-0.3, -0.25) is 10.1 Å². The van der Waals surface area contributed by atoms with Gasteiger partial charge in [0.2, 0.25) is 0 Å². The largest absolute Gasteiger partial charge is 0.480 e. The quantitative estimate of drug-likeness (QED) is 0.888. The van der Waals surface area contributed by atoms with E-state index in [1.807, 2.05) is 29.6 Å². The molecule has 0 bridgehead atoms. The Bertz CT molecular complexity index is 625. The second-order valence-electron chi connectivity index (χ2n) is 4.91. The van der Waals surface area contributed by atoms with Crippen molar-refractivity contribution in [2.75, 3.05) is 0 Å². The molecule has 106 valence electrons. The molecule has 0 aliphatic carbocycles. The number of rotatable bonds is 5. The Morgan fingerprint density at radius 1 is 1.45 bits per heavy atom. The Morgan fingerprint density at radius 2 is 2.15 bits per heavy atom. The van der Waals surface area contributed by atoms with E-state index in [0.717, 1.165) is 16.3 Å². The molecular weight excluding hydrogens is 296 g/mol. The SMILES string of the molecule is CC(C)(NCc1csc(-c2ccccc2Cl)n1)C(=O)O. The maximum atomic E-state index is 11.0. The van der Waals surface area contributed by atoms with Crippen LogP contribution in [0, 0.1) is 0 Å². The summed E-state index contributed by atoms with van der Waals surface area (Å²) < 4.78 is 0. The molecule has 4 nitrogen and oxygen atoms in total. The molecule has 0 aliphatic rings. The number of nitrogens with zero attached hydrogens (tertiary/aromatic N) is 1. The van der Waals surface area contributed by atoms with Crippen molar-refractivity contribution in [3.63, 3.8) is 0 Å². The predicted molar refractivity (Wildman–Crippen MR) is 81.1 cm³/mol. The minimum atomic E-state index is -0.978. The molecule has 6 heteroatoms. The number of carboxylic acids is 1. The lowest BCUT2D eigenvalue weighted by atomic mass is 10.1. The van der Waals surface area contributed by atoms with Crippen molar-refractivity contribution in [1.82, 2.24) is 10.3 Å². The number of carboxylic acid groups (broad SMARTS) is 1. The summed E-state index contributed by atoms with van der Waals surface area (Å²) in [6.45, 7) is 3.65. The summed E-state index contributed by atoms with van der Waals surface area (Å²) in [5.41, 5.74) is 0.718. The van der Waals surface area contributed by atoms with Gasteiger partial charge in [-0.1, -0.05) is 29.8 Å². The summed E-state index contributed by atoms with van der Waals surface area (Å²) in [7, 11) is 0. The van der Waals surface area contributed by atoms with Gasteiger partial charge in [-0.25, -0.2) is 4.98 Å². The van der Waals surface area contributed by atoms with Crippen LogP contribution in [-0.4, -0.2) is 21.6 Å². The molecule has 0 fully saturated rings. The van der Waals surface area contributed by atoms with Crippen LogP contribution in [0.15, 0.2) is 29.6 Å². The van der Waals surface area contributed by atoms with Gasteiger partial charge in [0.15, 0.2) is 0 Å². The topological polar surface area (TPSA) is 62.2 Å². The van der Waals surface area contributed by atoms with Crippen LogP contribution in [-0.2, 0) is 11.3 Å². The first-order valence-electron chi connectivity index (χ1n) is 6.08. The van der Waals surface area contributed by atoms with Gasteiger partial charge in [-0.05, 0) is 19.9 Å².